The standard InChI is InChI=1S/C19H23N7O/c1-13(2)26-12-14(11-22-26)23-18-19-21-7-8-25(19)17-5-4-15(10-16(17)24-18)27-9-3-6-20/h4-5,7-8,10-13H,3,6,9,20H2,1-2H3,(H,23,24). The van der Waals surface area contributed by atoms with Gasteiger partial charge >= 0.3 is 0 Å². The fourth-order valence-corrected chi connectivity index (χ4v) is 2.91. The van der Waals surface area contributed by atoms with Gasteiger partial charge in [0.25, 0.3) is 0 Å². The lowest BCUT2D eigenvalue weighted by Gasteiger charge is -2.10. The molecule has 27 heavy (non-hydrogen) atoms. The van der Waals surface area contributed by atoms with E-state index in [0.717, 1.165) is 34.5 Å². The molecule has 0 radical (unpaired) electrons. The zero-order valence-electron chi connectivity index (χ0n) is 15.5. The summed E-state index contributed by atoms with van der Waals surface area (Å²) in [6.07, 6.45) is 8.26. The molecular weight excluding hydrogens is 342 g/mol. The highest BCUT2D eigenvalue weighted by Crippen LogP contribution is 2.26. The van der Waals surface area contributed by atoms with Crippen LogP contribution in [0.5, 0.6) is 5.75 Å². The van der Waals surface area contributed by atoms with E-state index in [1.54, 1.807) is 12.4 Å². The summed E-state index contributed by atoms with van der Waals surface area (Å²) in [6.45, 7) is 5.38. The largest absolute Gasteiger partial charge is 0.493 e. The maximum Gasteiger partial charge on any atom is 0.180 e. The molecular formula is C19H23N7O. The molecule has 3 N–H and O–H groups in total. The molecule has 0 atom stereocenters. The molecule has 4 aromatic rings. The number of aromatic nitrogens is 5. The third kappa shape index (κ3) is 3.43. The first-order chi connectivity index (χ1) is 13.2. The number of anilines is 2. The van der Waals surface area contributed by atoms with Crippen LogP contribution in [0.4, 0.5) is 11.5 Å². The highest BCUT2D eigenvalue weighted by molar-refractivity contribution is 5.85. The molecule has 0 fully saturated rings. The lowest BCUT2D eigenvalue weighted by molar-refractivity contribution is 0.314. The van der Waals surface area contributed by atoms with Crippen molar-refractivity contribution in [3.05, 3.63) is 43.0 Å². The molecule has 140 valence electrons. The van der Waals surface area contributed by atoms with Crippen molar-refractivity contribution in [1.82, 2.24) is 24.1 Å². The van der Waals surface area contributed by atoms with Gasteiger partial charge in [0, 0.05) is 30.7 Å². The number of benzene rings is 1. The first-order valence-electron chi connectivity index (χ1n) is 9.06. The Morgan fingerprint density at radius 2 is 2.19 bits per heavy atom. The molecule has 0 unspecified atom stereocenters. The average Bonchev–Trinajstić information content (AvgIpc) is 3.31. The topological polar surface area (TPSA) is 95.3 Å². The number of fused-ring (bicyclic) bond motifs is 3. The van der Waals surface area contributed by atoms with E-state index in [1.807, 2.05) is 39.7 Å². The lowest BCUT2D eigenvalue weighted by Crippen LogP contribution is -2.06. The Morgan fingerprint density at radius 3 is 2.96 bits per heavy atom. The molecule has 0 saturated heterocycles. The van der Waals surface area contributed by atoms with Crippen molar-refractivity contribution in [2.45, 2.75) is 26.3 Å². The van der Waals surface area contributed by atoms with Crippen LogP contribution in [0.15, 0.2) is 43.0 Å². The van der Waals surface area contributed by atoms with E-state index in [2.05, 4.69) is 29.2 Å². The van der Waals surface area contributed by atoms with Crippen molar-refractivity contribution in [1.29, 1.82) is 0 Å². The molecule has 0 bridgehead atoms. The van der Waals surface area contributed by atoms with Crippen molar-refractivity contribution in [3.63, 3.8) is 0 Å². The number of nitrogens with zero attached hydrogens (tertiary/aromatic N) is 5. The van der Waals surface area contributed by atoms with Gasteiger partial charge in [0.1, 0.15) is 5.75 Å². The number of ether oxygens (including phenoxy) is 1. The first kappa shape index (κ1) is 17.3. The van der Waals surface area contributed by atoms with Gasteiger partial charge in [0.05, 0.1) is 29.5 Å². The van der Waals surface area contributed by atoms with E-state index in [0.29, 0.717) is 25.0 Å². The molecule has 3 heterocycles. The van der Waals surface area contributed by atoms with E-state index in [9.17, 15) is 0 Å². The van der Waals surface area contributed by atoms with Crippen LogP contribution in [0.2, 0.25) is 0 Å². The van der Waals surface area contributed by atoms with Gasteiger partial charge in [-0.2, -0.15) is 5.10 Å². The van der Waals surface area contributed by atoms with Crippen molar-refractivity contribution >= 4 is 28.2 Å². The third-order valence-corrected chi connectivity index (χ3v) is 4.30. The molecule has 3 aromatic heterocycles. The van der Waals surface area contributed by atoms with Crippen LogP contribution in [0.25, 0.3) is 16.7 Å². The zero-order chi connectivity index (χ0) is 18.8. The maximum atomic E-state index is 5.76. The predicted molar refractivity (Wildman–Crippen MR) is 106 cm³/mol. The Balaban J connectivity index is 1.72. The Labute approximate surface area is 157 Å². The van der Waals surface area contributed by atoms with Gasteiger partial charge in [0.15, 0.2) is 11.5 Å². The average molecular weight is 365 g/mol. The molecule has 0 saturated carbocycles. The molecule has 0 aliphatic carbocycles. The van der Waals surface area contributed by atoms with E-state index in [1.165, 1.54) is 0 Å². The van der Waals surface area contributed by atoms with Gasteiger partial charge in [-0.3, -0.25) is 9.08 Å². The van der Waals surface area contributed by atoms with Crippen LogP contribution >= 0.6 is 0 Å². The van der Waals surface area contributed by atoms with Gasteiger partial charge < -0.3 is 15.8 Å². The zero-order valence-corrected chi connectivity index (χ0v) is 15.5. The minimum atomic E-state index is 0.296. The normalized spacial score (nSPS) is 11.6. The number of nitrogens with two attached hydrogens (primary N) is 1. The summed E-state index contributed by atoms with van der Waals surface area (Å²) in [5.41, 5.74) is 8.95. The third-order valence-electron chi connectivity index (χ3n) is 4.30. The summed E-state index contributed by atoms with van der Waals surface area (Å²) >= 11 is 0. The number of hydrogen-bond acceptors (Lipinski definition) is 6. The molecule has 0 spiro atoms. The second kappa shape index (κ2) is 7.24. The number of imidazole rings is 1. The van der Waals surface area contributed by atoms with Crippen LogP contribution in [0, 0.1) is 0 Å². The molecule has 0 aliphatic rings. The Kier molecular flexibility index (Phi) is 4.64. The lowest BCUT2D eigenvalue weighted by atomic mass is 10.2. The van der Waals surface area contributed by atoms with Gasteiger partial charge in [-0.05, 0) is 38.9 Å². The van der Waals surface area contributed by atoms with Crippen LogP contribution in [0.1, 0.15) is 26.3 Å². The molecule has 1 aromatic carbocycles. The smallest absolute Gasteiger partial charge is 0.180 e. The summed E-state index contributed by atoms with van der Waals surface area (Å²) < 4.78 is 9.67. The number of rotatable bonds is 7. The second-order valence-corrected chi connectivity index (χ2v) is 6.65. The summed E-state index contributed by atoms with van der Waals surface area (Å²) in [6, 6.07) is 6.17. The van der Waals surface area contributed by atoms with Gasteiger partial charge in [0.2, 0.25) is 0 Å². The van der Waals surface area contributed by atoms with Gasteiger partial charge in [-0.1, -0.05) is 0 Å². The predicted octanol–water partition coefficient (Wildman–Crippen LogP) is 3.13. The molecule has 8 heteroatoms. The number of hydrogen-bond donors (Lipinski definition) is 2. The highest BCUT2D eigenvalue weighted by atomic mass is 16.5. The fraction of sp³-hybridized carbons (Fsp3) is 0.316. The summed E-state index contributed by atoms with van der Waals surface area (Å²) in [5.74, 6) is 1.46. The molecule has 0 amide bonds. The van der Waals surface area contributed by atoms with Gasteiger partial charge in [-0.15, -0.1) is 0 Å². The van der Waals surface area contributed by atoms with E-state index in [4.69, 9.17) is 15.5 Å². The van der Waals surface area contributed by atoms with Crippen LogP contribution < -0.4 is 15.8 Å². The molecule has 0 aliphatic heterocycles. The first-order valence-corrected chi connectivity index (χ1v) is 9.06. The second-order valence-electron chi connectivity index (χ2n) is 6.65. The summed E-state index contributed by atoms with van der Waals surface area (Å²) in [5, 5.41) is 7.70. The fourth-order valence-electron chi connectivity index (χ4n) is 2.91. The summed E-state index contributed by atoms with van der Waals surface area (Å²) in [4.78, 5) is 9.23. The van der Waals surface area contributed by atoms with Crippen molar-refractivity contribution in [2.24, 2.45) is 5.73 Å². The SMILES string of the molecule is CC(C)n1cc(Nc2nc3cc(OCCCN)ccc3n3ccnc23)cn1. The van der Waals surface area contributed by atoms with E-state index in [-0.39, 0.29) is 0 Å². The molecule has 8 nitrogen and oxygen atoms in total. The Morgan fingerprint density at radius 1 is 1.30 bits per heavy atom. The van der Waals surface area contributed by atoms with Crippen LogP contribution in [-0.4, -0.2) is 37.3 Å². The molecule has 4 rings (SSSR count). The quantitative estimate of drug-likeness (QED) is 0.489. The minimum absolute atomic E-state index is 0.296. The Bertz CT molecular complexity index is 1070. The van der Waals surface area contributed by atoms with Crippen molar-refractivity contribution in [3.8, 4) is 5.75 Å². The monoisotopic (exact) mass is 365 g/mol. The number of nitrogens with one attached hydrogen (secondary N) is 1. The van der Waals surface area contributed by atoms with Gasteiger partial charge in [-0.25, -0.2) is 9.97 Å². The van der Waals surface area contributed by atoms with Crippen LogP contribution in [-0.2, 0) is 0 Å². The maximum absolute atomic E-state index is 5.76. The van der Waals surface area contributed by atoms with E-state index < -0.39 is 0 Å². The van der Waals surface area contributed by atoms with Crippen molar-refractivity contribution < 1.29 is 4.74 Å². The van der Waals surface area contributed by atoms with E-state index >= 15 is 0 Å². The Hall–Kier alpha value is -3.13. The summed E-state index contributed by atoms with van der Waals surface area (Å²) in [7, 11) is 0. The van der Waals surface area contributed by atoms with Crippen LogP contribution in [0.3, 0.4) is 0 Å². The minimum Gasteiger partial charge on any atom is -0.493 e. The highest BCUT2D eigenvalue weighted by Gasteiger charge is 2.12. The van der Waals surface area contributed by atoms with Crippen molar-refractivity contribution in [2.75, 3.05) is 18.5 Å².